The average molecular weight is 356 g/mol. The highest BCUT2D eigenvalue weighted by Gasteiger charge is 2.30. The van der Waals surface area contributed by atoms with Crippen molar-refractivity contribution in [3.05, 3.63) is 84.5 Å². The zero-order chi connectivity index (χ0) is 19.4. The van der Waals surface area contributed by atoms with E-state index in [1.807, 2.05) is 6.07 Å². The van der Waals surface area contributed by atoms with Gasteiger partial charge in [0.2, 0.25) is 0 Å². The Balaban J connectivity index is 0.00000105. The number of benzene rings is 1. The molecule has 4 nitrogen and oxygen atoms in total. The van der Waals surface area contributed by atoms with Crippen molar-refractivity contribution in [2.45, 2.75) is 31.8 Å². The van der Waals surface area contributed by atoms with Crippen molar-refractivity contribution in [1.29, 1.82) is 0 Å². The first-order chi connectivity index (χ1) is 12.5. The molecule has 2 N–H and O–H groups in total. The maximum atomic E-state index is 12.0. The number of hydrogen-bond donors (Lipinski definition) is 2. The highest BCUT2D eigenvalue weighted by atomic mass is 16.5. The monoisotopic (exact) mass is 356 g/mol. The Labute approximate surface area is 155 Å². The minimum Gasteiger partial charge on any atom is -0.459 e. The van der Waals surface area contributed by atoms with Crippen molar-refractivity contribution in [2.24, 2.45) is 0 Å². The first kappa shape index (κ1) is 21.6. The number of aliphatic hydroxyl groups excluding tert-OH is 1. The number of carbonyl (C=O) groups is 1. The lowest BCUT2D eigenvalue weighted by Gasteiger charge is -2.30. The molecule has 0 saturated heterocycles. The molecule has 1 aromatic rings. The summed E-state index contributed by atoms with van der Waals surface area (Å²) in [7, 11) is 0. The molecule has 1 aliphatic rings. The van der Waals surface area contributed by atoms with E-state index in [1.165, 1.54) is 0 Å². The Hall–Kier alpha value is -2.43. The fraction of sp³-hybridized carbons (Fsp3) is 0.318. The molecule has 0 radical (unpaired) electrons. The van der Waals surface area contributed by atoms with Gasteiger partial charge in [0, 0.05) is 13.0 Å². The lowest BCUT2D eigenvalue weighted by atomic mass is 9.84. The van der Waals surface area contributed by atoms with Gasteiger partial charge < -0.3 is 14.9 Å². The van der Waals surface area contributed by atoms with Gasteiger partial charge >= 0.3 is 5.97 Å². The number of allylic oxidation sites excluding steroid dienone is 4. The van der Waals surface area contributed by atoms with Crippen LogP contribution in [-0.2, 0) is 4.74 Å². The van der Waals surface area contributed by atoms with Crippen LogP contribution >= 0.6 is 0 Å². The van der Waals surface area contributed by atoms with Crippen LogP contribution in [0.2, 0.25) is 0 Å². The molecule has 0 heterocycles. The lowest BCUT2D eigenvalue weighted by molar-refractivity contribution is -0.00526. The summed E-state index contributed by atoms with van der Waals surface area (Å²) in [4.78, 5) is 12.0. The molecule has 0 spiro atoms. The Morgan fingerprint density at radius 2 is 1.85 bits per heavy atom. The number of rotatable bonds is 7. The SMILES string of the molecule is C=CCC1=CC(O)(COC(=O)c2ccccc2)CC(CC=C)=C1.CCO. The van der Waals surface area contributed by atoms with Gasteiger partial charge in [-0.05, 0) is 43.5 Å². The highest BCUT2D eigenvalue weighted by molar-refractivity contribution is 5.89. The standard InChI is InChI=1S/C20H22O3.C2H6O/c1-3-8-16-12-17(9-4-2)14-20(22,13-16)15-23-19(21)18-10-6-5-7-11-18;1-2-3/h3-7,10-13,22H,1-2,8-9,14-15H2;3H,2H2,1H3. The fourth-order valence-electron chi connectivity index (χ4n) is 2.69. The predicted octanol–water partition coefficient (Wildman–Crippen LogP) is 3.98. The van der Waals surface area contributed by atoms with E-state index in [0.717, 1.165) is 11.1 Å². The maximum Gasteiger partial charge on any atom is 0.338 e. The Morgan fingerprint density at radius 3 is 2.42 bits per heavy atom. The van der Waals surface area contributed by atoms with Gasteiger partial charge in [-0.1, -0.05) is 42.0 Å². The van der Waals surface area contributed by atoms with Gasteiger partial charge in [-0.2, -0.15) is 0 Å². The lowest BCUT2D eigenvalue weighted by Crippen LogP contribution is -2.36. The molecule has 2 rings (SSSR count). The van der Waals surface area contributed by atoms with E-state index in [0.29, 0.717) is 24.8 Å². The largest absolute Gasteiger partial charge is 0.459 e. The van der Waals surface area contributed by atoms with E-state index in [2.05, 4.69) is 19.2 Å². The van der Waals surface area contributed by atoms with Crippen LogP contribution in [0, 0.1) is 0 Å². The van der Waals surface area contributed by atoms with Gasteiger partial charge in [-0.15, -0.1) is 13.2 Å². The molecule has 0 fully saturated rings. The van der Waals surface area contributed by atoms with Gasteiger partial charge in [0.1, 0.15) is 12.2 Å². The molecule has 1 atom stereocenters. The van der Waals surface area contributed by atoms with E-state index < -0.39 is 11.6 Å². The van der Waals surface area contributed by atoms with E-state index in [4.69, 9.17) is 9.84 Å². The summed E-state index contributed by atoms with van der Waals surface area (Å²) in [5, 5.41) is 18.4. The van der Waals surface area contributed by atoms with E-state index >= 15 is 0 Å². The summed E-state index contributed by atoms with van der Waals surface area (Å²) >= 11 is 0. The molecule has 1 aliphatic carbocycles. The second kappa shape index (κ2) is 11.2. The van der Waals surface area contributed by atoms with Gasteiger partial charge in [-0.3, -0.25) is 0 Å². The molecule has 4 heteroatoms. The Kier molecular flexibility index (Phi) is 9.34. The summed E-state index contributed by atoms with van der Waals surface area (Å²) < 4.78 is 5.31. The molecular formula is C22H28O4. The zero-order valence-electron chi connectivity index (χ0n) is 15.4. The quantitative estimate of drug-likeness (QED) is 0.573. The third-order valence-corrected chi connectivity index (χ3v) is 3.63. The fourth-order valence-corrected chi connectivity index (χ4v) is 2.69. The molecule has 1 unspecified atom stereocenters. The third-order valence-electron chi connectivity index (χ3n) is 3.63. The van der Waals surface area contributed by atoms with Gasteiger partial charge in [0.25, 0.3) is 0 Å². The third kappa shape index (κ3) is 7.21. The van der Waals surface area contributed by atoms with Crippen molar-refractivity contribution in [1.82, 2.24) is 0 Å². The molecule has 140 valence electrons. The molecule has 0 amide bonds. The first-order valence-electron chi connectivity index (χ1n) is 8.66. The van der Waals surface area contributed by atoms with E-state index in [1.54, 1.807) is 49.4 Å². The molecule has 1 aromatic carbocycles. The maximum absolute atomic E-state index is 12.0. The molecule has 0 aliphatic heterocycles. The summed E-state index contributed by atoms with van der Waals surface area (Å²) in [6.45, 7) is 9.33. The van der Waals surface area contributed by atoms with E-state index in [-0.39, 0.29) is 13.2 Å². The van der Waals surface area contributed by atoms with Crippen molar-refractivity contribution in [2.75, 3.05) is 13.2 Å². The smallest absolute Gasteiger partial charge is 0.338 e. The summed E-state index contributed by atoms with van der Waals surface area (Å²) in [5.41, 5.74) is 1.33. The minimum atomic E-state index is -1.18. The molecular weight excluding hydrogens is 328 g/mol. The van der Waals surface area contributed by atoms with Crippen molar-refractivity contribution in [3.63, 3.8) is 0 Å². The van der Waals surface area contributed by atoms with E-state index in [9.17, 15) is 9.90 Å². The first-order valence-corrected chi connectivity index (χ1v) is 8.66. The average Bonchev–Trinajstić information content (AvgIpc) is 2.61. The van der Waals surface area contributed by atoms with Crippen LogP contribution in [0.15, 0.2) is 78.9 Å². The van der Waals surface area contributed by atoms with Crippen LogP contribution in [-0.4, -0.2) is 35.0 Å². The van der Waals surface area contributed by atoms with Gasteiger partial charge in [0.15, 0.2) is 0 Å². The normalized spacial score (nSPS) is 18.6. The number of ether oxygens (including phenoxy) is 1. The van der Waals surface area contributed by atoms with Gasteiger partial charge in [-0.25, -0.2) is 4.79 Å². The van der Waals surface area contributed by atoms with Crippen LogP contribution in [0.5, 0.6) is 0 Å². The molecule has 0 saturated carbocycles. The van der Waals surface area contributed by atoms with Crippen LogP contribution in [0.25, 0.3) is 0 Å². The highest BCUT2D eigenvalue weighted by Crippen LogP contribution is 2.30. The van der Waals surface area contributed by atoms with Crippen molar-refractivity contribution in [3.8, 4) is 0 Å². The van der Waals surface area contributed by atoms with Crippen LogP contribution in [0.3, 0.4) is 0 Å². The molecule has 26 heavy (non-hydrogen) atoms. The topological polar surface area (TPSA) is 66.8 Å². The summed E-state index contributed by atoms with van der Waals surface area (Å²) in [5.74, 6) is -0.433. The number of carbonyl (C=O) groups excluding carboxylic acids is 1. The van der Waals surface area contributed by atoms with Crippen LogP contribution in [0.1, 0.15) is 36.5 Å². The Bertz CT molecular complexity index is 658. The number of esters is 1. The van der Waals surface area contributed by atoms with Crippen LogP contribution < -0.4 is 0 Å². The number of aliphatic hydroxyl groups is 2. The summed E-state index contributed by atoms with van der Waals surface area (Å²) in [6, 6.07) is 8.77. The zero-order valence-corrected chi connectivity index (χ0v) is 15.4. The Morgan fingerprint density at radius 1 is 1.23 bits per heavy atom. The molecule has 0 bridgehead atoms. The number of hydrogen-bond acceptors (Lipinski definition) is 4. The van der Waals surface area contributed by atoms with Crippen molar-refractivity contribution < 1.29 is 19.7 Å². The minimum absolute atomic E-state index is 0.0736. The molecule has 0 aromatic heterocycles. The van der Waals surface area contributed by atoms with Crippen molar-refractivity contribution >= 4 is 5.97 Å². The summed E-state index contributed by atoms with van der Waals surface area (Å²) in [6.07, 6.45) is 9.20. The van der Waals surface area contributed by atoms with Crippen LogP contribution in [0.4, 0.5) is 0 Å². The predicted molar refractivity (Wildman–Crippen MR) is 105 cm³/mol. The van der Waals surface area contributed by atoms with Gasteiger partial charge in [0.05, 0.1) is 5.56 Å². The second-order valence-electron chi connectivity index (χ2n) is 6.05. The second-order valence-corrected chi connectivity index (χ2v) is 6.05.